The van der Waals surface area contributed by atoms with Crippen LogP contribution in [0.2, 0.25) is 0 Å². The highest BCUT2D eigenvalue weighted by Gasteiger charge is 2.29. The van der Waals surface area contributed by atoms with Crippen LogP contribution in [0.4, 0.5) is 0 Å². The number of aliphatic carboxylic acids is 1. The SMILES string of the molecule is CCC(CC)OC(=O)C(Cc1ccc(SC)cc1)C(=O)O. The minimum atomic E-state index is -1.15. The van der Waals surface area contributed by atoms with Gasteiger partial charge in [0.05, 0.1) is 0 Å². The molecule has 0 saturated carbocycles. The second-order valence-electron chi connectivity index (χ2n) is 4.82. The lowest BCUT2D eigenvalue weighted by molar-refractivity contribution is -0.162. The second kappa shape index (κ2) is 8.72. The van der Waals surface area contributed by atoms with Crippen LogP contribution in [0.3, 0.4) is 0 Å². The van der Waals surface area contributed by atoms with E-state index >= 15 is 0 Å². The molecule has 0 radical (unpaired) electrons. The number of ether oxygens (including phenoxy) is 1. The van der Waals surface area contributed by atoms with Crippen molar-refractivity contribution >= 4 is 23.7 Å². The zero-order chi connectivity index (χ0) is 15.8. The van der Waals surface area contributed by atoms with Crippen LogP contribution in [-0.4, -0.2) is 29.4 Å². The van der Waals surface area contributed by atoms with Crippen molar-refractivity contribution in [2.24, 2.45) is 5.92 Å². The molecule has 0 aromatic heterocycles. The maximum absolute atomic E-state index is 12.0. The fourth-order valence-corrected chi connectivity index (χ4v) is 2.38. The fraction of sp³-hybridized carbons (Fsp3) is 0.500. The van der Waals surface area contributed by atoms with Gasteiger partial charge in [-0.1, -0.05) is 26.0 Å². The molecule has 4 nitrogen and oxygen atoms in total. The summed E-state index contributed by atoms with van der Waals surface area (Å²) in [5.74, 6) is -2.93. The number of esters is 1. The van der Waals surface area contributed by atoms with E-state index in [1.165, 1.54) is 0 Å². The highest BCUT2D eigenvalue weighted by molar-refractivity contribution is 7.98. The van der Waals surface area contributed by atoms with E-state index in [0.29, 0.717) is 12.8 Å². The van der Waals surface area contributed by atoms with Gasteiger partial charge in [0, 0.05) is 4.90 Å². The van der Waals surface area contributed by atoms with Crippen molar-refractivity contribution in [1.29, 1.82) is 0 Å². The molecule has 0 fully saturated rings. The van der Waals surface area contributed by atoms with Crippen molar-refractivity contribution in [1.82, 2.24) is 0 Å². The third-order valence-electron chi connectivity index (χ3n) is 3.37. The maximum atomic E-state index is 12.0. The highest BCUT2D eigenvalue weighted by atomic mass is 32.2. The predicted molar refractivity (Wildman–Crippen MR) is 83.5 cm³/mol. The van der Waals surface area contributed by atoms with Crippen molar-refractivity contribution in [3.63, 3.8) is 0 Å². The van der Waals surface area contributed by atoms with Crippen molar-refractivity contribution in [2.75, 3.05) is 6.26 Å². The lowest BCUT2D eigenvalue weighted by atomic mass is 9.99. The number of thioether (sulfide) groups is 1. The van der Waals surface area contributed by atoms with Gasteiger partial charge in [-0.05, 0) is 43.2 Å². The van der Waals surface area contributed by atoms with Gasteiger partial charge in [-0.2, -0.15) is 0 Å². The van der Waals surface area contributed by atoms with Gasteiger partial charge in [0.15, 0.2) is 5.92 Å². The molecule has 0 aliphatic carbocycles. The zero-order valence-corrected chi connectivity index (χ0v) is 13.5. The lowest BCUT2D eigenvalue weighted by Crippen LogP contribution is -2.31. The van der Waals surface area contributed by atoms with Crippen LogP contribution in [0.1, 0.15) is 32.3 Å². The lowest BCUT2D eigenvalue weighted by Gasteiger charge is -2.18. The van der Waals surface area contributed by atoms with Crippen LogP contribution >= 0.6 is 11.8 Å². The summed E-state index contributed by atoms with van der Waals surface area (Å²) in [7, 11) is 0. The number of carbonyl (C=O) groups is 2. The Hall–Kier alpha value is -1.49. The Morgan fingerprint density at radius 3 is 2.19 bits per heavy atom. The van der Waals surface area contributed by atoms with Gasteiger partial charge in [0.2, 0.25) is 0 Å². The topological polar surface area (TPSA) is 63.6 Å². The highest BCUT2D eigenvalue weighted by Crippen LogP contribution is 2.18. The Bertz CT molecular complexity index is 466. The van der Waals surface area contributed by atoms with Gasteiger partial charge in [0.1, 0.15) is 6.10 Å². The maximum Gasteiger partial charge on any atom is 0.320 e. The number of benzene rings is 1. The minimum absolute atomic E-state index is 0.156. The molecule has 1 atom stereocenters. The molecule has 116 valence electrons. The van der Waals surface area contributed by atoms with Crippen molar-refractivity contribution < 1.29 is 19.4 Å². The summed E-state index contributed by atoms with van der Waals surface area (Å²) in [5.41, 5.74) is 0.821. The third kappa shape index (κ3) is 5.42. The van der Waals surface area contributed by atoms with Gasteiger partial charge in [-0.3, -0.25) is 9.59 Å². The molecule has 0 heterocycles. The van der Waals surface area contributed by atoms with Crippen molar-refractivity contribution in [3.8, 4) is 0 Å². The van der Waals surface area contributed by atoms with Crippen LogP contribution in [-0.2, 0) is 20.7 Å². The summed E-state index contributed by atoms with van der Waals surface area (Å²) in [6, 6.07) is 7.55. The third-order valence-corrected chi connectivity index (χ3v) is 4.12. The van der Waals surface area contributed by atoms with Crippen LogP contribution < -0.4 is 0 Å². The monoisotopic (exact) mass is 310 g/mol. The largest absolute Gasteiger partial charge is 0.481 e. The van der Waals surface area contributed by atoms with E-state index in [-0.39, 0.29) is 12.5 Å². The normalized spacial score (nSPS) is 12.2. The zero-order valence-electron chi connectivity index (χ0n) is 12.7. The van der Waals surface area contributed by atoms with Gasteiger partial charge in [-0.15, -0.1) is 11.8 Å². The Kier molecular flexibility index (Phi) is 7.29. The molecule has 1 aromatic carbocycles. The summed E-state index contributed by atoms with van der Waals surface area (Å²) in [5, 5.41) is 9.26. The molecule has 0 saturated heterocycles. The van der Waals surface area contributed by atoms with Crippen LogP contribution in [0, 0.1) is 5.92 Å². The van der Waals surface area contributed by atoms with Gasteiger partial charge in [0.25, 0.3) is 0 Å². The van der Waals surface area contributed by atoms with Crippen molar-refractivity contribution in [2.45, 2.75) is 44.1 Å². The summed E-state index contributed by atoms with van der Waals surface area (Å²) in [4.78, 5) is 24.5. The fourth-order valence-electron chi connectivity index (χ4n) is 1.97. The quantitative estimate of drug-likeness (QED) is 0.453. The second-order valence-corrected chi connectivity index (χ2v) is 5.70. The number of rotatable bonds is 8. The first kappa shape index (κ1) is 17.6. The number of carboxylic acids is 1. The molecular weight excluding hydrogens is 288 g/mol. The molecule has 0 spiro atoms. The number of carboxylic acid groups (broad SMARTS) is 1. The molecule has 21 heavy (non-hydrogen) atoms. The van der Waals surface area contributed by atoms with Crippen LogP contribution in [0.15, 0.2) is 29.2 Å². The van der Waals surface area contributed by atoms with Gasteiger partial charge >= 0.3 is 11.9 Å². The molecule has 1 rings (SSSR count). The first-order valence-electron chi connectivity index (χ1n) is 7.08. The Labute approximate surface area is 129 Å². The number of hydrogen-bond donors (Lipinski definition) is 1. The molecule has 5 heteroatoms. The molecule has 0 amide bonds. The van der Waals surface area contributed by atoms with Crippen LogP contribution in [0.5, 0.6) is 0 Å². The molecular formula is C16H22O4S. The molecule has 1 aromatic rings. The van der Waals surface area contributed by atoms with E-state index in [1.807, 2.05) is 44.4 Å². The molecule has 0 aliphatic heterocycles. The van der Waals surface area contributed by atoms with Crippen molar-refractivity contribution in [3.05, 3.63) is 29.8 Å². The molecule has 0 aliphatic rings. The van der Waals surface area contributed by atoms with E-state index in [4.69, 9.17) is 4.74 Å². The van der Waals surface area contributed by atoms with Crippen LogP contribution in [0.25, 0.3) is 0 Å². The predicted octanol–water partition coefficient (Wildman–Crippen LogP) is 3.38. The average Bonchev–Trinajstić information content (AvgIpc) is 2.50. The number of carbonyl (C=O) groups excluding carboxylic acids is 1. The minimum Gasteiger partial charge on any atom is -0.481 e. The standard InChI is InChI=1S/C16H22O4S/c1-4-12(5-2)20-16(19)14(15(17)18)10-11-6-8-13(21-3)9-7-11/h6-9,12,14H,4-5,10H2,1-3H3,(H,17,18). The van der Waals surface area contributed by atoms with E-state index in [9.17, 15) is 14.7 Å². The van der Waals surface area contributed by atoms with E-state index < -0.39 is 17.9 Å². The van der Waals surface area contributed by atoms with E-state index in [0.717, 1.165) is 10.5 Å². The molecule has 1 unspecified atom stereocenters. The van der Waals surface area contributed by atoms with E-state index in [1.54, 1.807) is 11.8 Å². The first-order chi connectivity index (χ1) is 10.0. The van der Waals surface area contributed by atoms with E-state index in [2.05, 4.69) is 0 Å². The Morgan fingerprint density at radius 2 is 1.76 bits per heavy atom. The molecule has 0 bridgehead atoms. The molecule has 1 N–H and O–H groups in total. The average molecular weight is 310 g/mol. The summed E-state index contributed by atoms with van der Waals surface area (Å²) in [6.07, 6.45) is 3.30. The first-order valence-corrected chi connectivity index (χ1v) is 8.30. The smallest absolute Gasteiger partial charge is 0.320 e. The van der Waals surface area contributed by atoms with Gasteiger partial charge in [-0.25, -0.2) is 0 Å². The Morgan fingerprint density at radius 1 is 1.19 bits per heavy atom. The number of hydrogen-bond acceptors (Lipinski definition) is 4. The van der Waals surface area contributed by atoms with Gasteiger partial charge < -0.3 is 9.84 Å². The summed E-state index contributed by atoms with van der Waals surface area (Å²) in [6.45, 7) is 3.83. The summed E-state index contributed by atoms with van der Waals surface area (Å²) < 4.78 is 5.27. The Balaban J connectivity index is 2.76. The summed E-state index contributed by atoms with van der Waals surface area (Å²) >= 11 is 1.62.